The molecule has 0 aliphatic rings. The Hall–Kier alpha value is -2.67. The van der Waals surface area contributed by atoms with Gasteiger partial charge in [-0.2, -0.15) is 0 Å². The van der Waals surface area contributed by atoms with Gasteiger partial charge in [0, 0.05) is 11.9 Å². The van der Waals surface area contributed by atoms with E-state index in [2.05, 4.69) is 10.3 Å². The van der Waals surface area contributed by atoms with E-state index in [9.17, 15) is 20.0 Å². The maximum absolute atomic E-state index is 12.2. The fraction of sp³-hybridized carbons (Fsp3) is 0.0769. The van der Waals surface area contributed by atoms with Crippen LogP contribution in [0.1, 0.15) is 15.9 Å². The Morgan fingerprint density at radius 1 is 1.43 bits per heavy atom. The van der Waals surface area contributed by atoms with Gasteiger partial charge in [0.05, 0.1) is 4.92 Å². The van der Waals surface area contributed by atoms with E-state index >= 15 is 0 Å². The fourth-order valence-corrected chi connectivity index (χ4v) is 1.99. The molecule has 0 aliphatic carbocycles. The number of carbonyl (C=O) groups is 1. The molecule has 2 aromatic rings. The summed E-state index contributed by atoms with van der Waals surface area (Å²) in [5.41, 5.74) is 0.312. The summed E-state index contributed by atoms with van der Waals surface area (Å²) in [6, 6.07) is 5.58. The molecular weight excluding hydrogens is 298 g/mol. The quantitative estimate of drug-likeness (QED) is 0.392. The van der Waals surface area contributed by atoms with Crippen molar-refractivity contribution in [2.45, 2.75) is 6.92 Å². The number of hydrogen-bond donors (Lipinski definition) is 2. The molecule has 0 unspecified atom stereocenters. The first-order valence-corrected chi connectivity index (χ1v) is 6.18. The Bertz CT molecular complexity index is 733. The Labute approximate surface area is 124 Å². The molecule has 108 valence electrons. The van der Waals surface area contributed by atoms with Gasteiger partial charge in [0.15, 0.2) is 0 Å². The molecule has 8 heteroatoms. The number of nitrogens with zero attached hydrogens (tertiary/aromatic N) is 2. The van der Waals surface area contributed by atoms with Crippen molar-refractivity contribution in [3.05, 3.63) is 56.9 Å². The van der Waals surface area contributed by atoms with Crippen molar-refractivity contribution < 1.29 is 14.8 Å². The summed E-state index contributed by atoms with van der Waals surface area (Å²) in [4.78, 5) is 26.0. The number of aromatic hydroxyl groups is 1. The van der Waals surface area contributed by atoms with Crippen molar-refractivity contribution in [2.75, 3.05) is 5.32 Å². The number of rotatable bonds is 3. The van der Waals surface area contributed by atoms with Crippen molar-refractivity contribution in [3.8, 4) is 5.75 Å². The van der Waals surface area contributed by atoms with Crippen molar-refractivity contribution in [1.29, 1.82) is 0 Å². The molecule has 1 heterocycles. The number of nitrogens with one attached hydrogen (secondary N) is 1. The minimum absolute atomic E-state index is 0.0587. The second-order valence-electron chi connectivity index (χ2n) is 4.21. The standard InChI is InChI=1S/C13H10ClN3O4/c1-7-6-8(18)2-3-10(7)16-13(19)9-4-5-15-12(14)11(9)17(20)21/h2-6,18H,1H3,(H,16,19). The highest BCUT2D eigenvalue weighted by molar-refractivity contribution is 6.32. The first kappa shape index (κ1) is 14.7. The molecule has 1 aromatic heterocycles. The summed E-state index contributed by atoms with van der Waals surface area (Å²) in [7, 11) is 0. The molecule has 0 saturated carbocycles. The molecule has 0 fully saturated rings. The van der Waals surface area contributed by atoms with Crippen LogP contribution in [-0.4, -0.2) is 20.9 Å². The van der Waals surface area contributed by atoms with E-state index in [1.807, 2.05) is 0 Å². The smallest absolute Gasteiger partial charge is 0.319 e. The predicted octanol–water partition coefficient (Wildman–Crippen LogP) is 2.91. The Balaban J connectivity index is 2.37. The number of hydrogen-bond acceptors (Lipinski definition) is 5. The minimum Gasteiger partial charge on any atom is -0.508 e. The van der Waals surface area contributed by atoms with Gasteiger partial charge in [-0.05, 0) is 36.8 Å². The fourth-order valence-electron chi connectivity index (χ4n) is 1.76. The number of carbonyl (C=O) groups excluding carboxylic acids is 1. The molecule has 0 aliphatic heterocycles. The molecule has 0 bridgehead atoms. The molecule has 0 radical (unpaired) electrons. The van der Waals surface area contributed by atoms with Crippen molar-refractivity contribution in [2.24, 2.45) is 0 Å². The molecule has 2 rings (SSSR count). The normalized spacial score (nSPS) is 10.2. The molecule has 0 saturated heterocycles. The first-order chi connectivity index (χ1) is 9.90. The third kappa shape index (κ3) is 3.09. The zero-order chi connectivity index (χ0) is 15.6. The zero-order valence-corrected chi connectivity index (χ0v) is 11.6. The van der Waals surface area contributed by atoms with Gasteiger partial charge >= 0.3 is 5.69 Å². The number of halogens is 1. The maximum atomic E-state index is 12.2. The molecular formula is C13H10ClN3O4. The molecule has 0 atom stereocenters. The summed E-state index contributed by atoms with van der Waals surface area (Å²) in [6.45, 7) is 1.68. The lowest BCUT2D eigenvalue weighted by atomic mass is 10.1. The number of amides is 1. The summed E-state index contributed by atoms with van der Waals surface area (Å²) >= 11 is 5.66. The van der Waals surface area contributed by atoms with Crippen LogP contribution in [0.25, 0.3) is 0 Å². The van der Waals surface area contributed by atoms with Crippen LogP contribution in [-0.2, 0) is 0 Å². The molecule has 21 heavy (non-hydrogen) atoms. The number of benzene rings is 1. The van der Waals surface area contributed by atoms with Crippen LogP contribution in [0.15, 0.2) is 30.5 Å². The highest BCUT2D eigenvalue weighted by Crippen LogP contribution is 2.27. The monoisotopic (exact) mass is 307 g/mol. The van der Waals surface area contributed by atoms with Gasteiger partial charge in [-0.1, -0.05) is 11.6 Å². The second-order valence-corrected chi connectivity index (χ2v) is 4.57. The number of aromatic nitrogens is 1. The van der Waals surface area contributed by atoms with Gasteiger partial charge in [0.2, 0.25) is 5.15 Å². The lowest BCUT2D eigenvalue weighted by Crippen LogP contribution is -2.15. The average molecular weight is 308 g/mol. The molecule has 1 amide bonds. The largest absolute Gasteiger partial charge is 0.508 e. The van der Waals surface area contributed by atoms with Gasteiger partial charge in [-0.25, -0.2) is 4.98 Å². The molecule has 2 N–H and O–H groups in total. The minimum atomic E-state index is -0.756. The average Bonchev–Trinajstić information content (AvgIpc) is 2.41. The summed E-state index contributed by atoms with van der Waals surface area (Å²) in [5, 5.41) is 22.5. The molecule has 1 aromatic carbocycles. The van der Waals surface area contributed by atoms with Gasteiger partial charge in [-0.15, -0.1) is 0 Å². The van der Waals surface area contributed by atoms with Gasteiger partial charge < -0.3 is 10.4 Å². The molecule has 0 spiro atoms. The zero-order valence-electron chi connectivity index (χ0n) is 10.8. The third-order valence-electron chi connectivity index (χ3n) is 2.76. The first-order valence-electron chi connectivity index (χ1n) is 5.80. The van der Waals surface area contributed by atoms with E-state index in [-0.39, 0.29) is 16.5 Å². The van der Waals surface area contributed by atoms with Gasteiger partial charge in [0.1, 0.15) is 11.3 Å². The number of phenolic OH excluding ortho intramolecular Hbond substituents is 1. The van der Waals surface area contributed by atoms with Crippen LogP contribution in [0, 0.1) is 17.0 Å². The Morgan fingerprint density at radius 3 is 2.76 bits per heavy atom. The van der Waals surface area contributed by atoms with E-state index in [0.29, 0.717) is 11.3 Å². The van der Waals surface area contributed by atoms with E-state index in [4.69, 9.17) is 11.6 Å². The van der Waals surface area contributed by atoms with E-state index in [1.54, 1.807) is 6.92 Å². The molecule has 7 nitrogen and oxygen atoms in total. The van der Waals surface area contributed by atoms with Crippen LogP contribution < -0.4 is 5.32 Å². The van der Waals surface area contributed by atoms with Crippen LogP contribution in [0.5, 0.6) is 5.75 Å². The van der Waals surface area contributed by atoms with Crippen LogP contribution in [0.4, 0.5) is 11.4 Å². The highest BCUT2D eigenvalue weighted by atomic mass is 35.5. The number of nitro groups is 1. The van der Waals surface area contributed by atoms with Crippen molar-refractivity contribution in [1.82, 2.24) is 4.98 Å². The lowest BCUT2D eigenvalue weighted by Gasteiger charge is -2.09. The Morgan fingerprint density at radius 2 is 2.14 bits per heavy atom. The third-order valence-corrected chi connectivity index (χ3v) is 3.04. The van der Waals surface area contributed by atoms with Gasteiger partial charge in [0.25, 0.3) is 5.91 Å². The van der Waals surface area contributed by atoms with E-state index in [1.165, 1.54) is 30.5 Å². The number of pyridine rings is 1. The van der Waals surface area contributed by atoms with Gasteiger partial charge in [-0.3, -0.25) is 14.9 Å². The number of phenols is 1. The SMILES string of the molecule is Cc1cc(O)ccc1NC(=O)c1ccnc(Cl)c1[N+](=O)[O-]. The summed E-state index contributed by atoms with van der Waals surface area (Å²) in [5.74, 6) is -0.622. The number of aryl methyl sites for hydroxylation is 1. The maximum Gasteiger partial charge on any atom is 0.319 e. The van der Waals surface area contributed by atoms with Crippen LogP contribution in [0.3, 0.4) is 0 Å². The summed E-state index contributed by atoms with van der Waals surface area (Å²) in [6.07, 6.45) is 1.22. The lowest BCUT2D eigenvalue weighted by molar-refractivity contribution is -0.385. The van der Waals surface area contributed by atoms with Crippen molar-refractivity contribution >= 4 is 28.9 Å². The topological polar surface area (TPSA) is 105 Å². The van der Waals surface area contributed by atoms with Crippen LogP contribution in [0.2, 0.25) is 5.15 Å². The highest BCUT2D eigenvalue weighted by Gasteiger charge is 2.25. The van der Waals surface area contributed by atoms with E-state index < -0.39 is 16.5 Å². The summed E-state index contributed by atoms with van der Waals surface area (Å²) < 4.78 is 0. The van der Waals surface area contributed by atoms with Crippen LogP contribution >= 0.6 is 11.6 Å². The van der Waals surface area contributed by atoms with E-state index in [0.717, 1.165) is 0 Å². The second kappa shape index (κ2) is 5.76. The predicted molar refractivity (Wildman–Crippen MR) is 76.7 cm³/mol. The number of anilines is 1. The Kier molecular flexibility index (Phi) is 4.04. The van der Waals surface area contributed by atoms with Crippen molar-refractivity contribution in [3.63, 3.8) is 0 Å².